The molecule has 0 saturated carbocycles. The Hall–Kier alpha value is -4.12. The van der Waals surface area contributed by atoms with Crippen LogP contribution in [0.5, 0.6) is 11.5 Å². The first-order chi connectivity index (χ1) is 18.1. The largest absolute Gasteiger partial charge is 0.480 e. The maximum absolute atomic E-state index is 12.1. The fraction of sp³-hybridized carbons (Fsp3) is 0.0938. The molecular weight excluding hydrogens is 482 g/mol. The van der Waals surface area contributed by atoms with Crippen molar-refractivity contribution >= 4 is 28.3 Å². The number of fused-ring (bicyclic) bond motifs is 1. The van der Waals surface area contributed by atoms with Crippen LogP contribution in [0.25, 0.3) is 21.9 Å². The predicted molar refractivity (Wildman–Crippen MR) is 149 cm³/mol. The summed E-state index contributed by atoms with van der Waals surface area (Å²) >= 11 is 6.67. The molecule has 0 fully saturated rings. The maximum Gasteiger partial charge on any atom is 0.321 e. The van der Waals surface area contributed by atoms with E-state index in [0.717, 1.165) is 44.5 Å². The number of para-hydroxylation sites is 2. The number of carboxylic acids is 1. The SMILES string of the molecule is O=C(O)C(Cc1ccc(-c2ccccc2Oc2ccccc2)cc1Cl)NCc1cccc2ccccc12. The van der Waals surface area contributed by atoms with Crippen molar-refractivity contribution in [2.45, 2.75) is 19.0 Å². The van der Waals surface area contributed by atoms with Crippen molar-refractivity contribution in [3.05, 3.63) is 131 Å². The summed E-state index contributed by atoms with van der Waals surface area (Å²) in [7, 11) is 0. The van der Waals surface area contributed by atoms with Gasteiger partial charge in [-0.2, -0.15) is 0 Å². The molecule has 5 heteroatoms. The average molecular weight is 508 g/mol. The third-order valence-electron chi connectivity index (χ3n) is 6.36. The summed E-state index contributed by atoms with van der Waals surface area (Å²) < 4.78 is 6.10. The number of hydrogen-bond acceptors (Lipinski definition) is 3. The van der Waals surface area contributed by atoms with Crippen LogP contribution in [0.4, 0.5) is 0 Å². The van der Waals surface area contributed by atoms with Crippen LogP contribution >= 0.6 is 11.6 Å². The summed E-state index contributed by atoms with van der Waals surface area (Å²) in [6.07, 6.45) is 0.265. The van der Waals surface area contributed by atoms with Crippen molar-refractivity contribution in [1.29, 1.82) is 0 Å². The number of nitrogens with one attached hydrogen (secondary N) is 1. The smallest absolute Gasteiger partial charge is 0.321 e. The first kappa shape index (κ1) is 24.6. The van der Waals surface area contributed by atoms with Gasteiger partial charge in [0.1, 0.15) is 17.5 Å². The van der Waals surface area contributed by atoms with Gasteiger partial charge < -0.3 is 9.84 Å². The zero-order valence-electron chi connectivity index (χ0n) is 20.1. The number of carbonyl (C=O) groups is 1. The van der Waals surface area contributed by atoms with E-state index in [-0.39, 0.29) is 6.42 Å². The molecule has 2 N–H and O–H groups in total. The molecule has 1 unspecified atom stereocenters. The lowest BCUT2D eigenvalue weighted by atomic mass is 9.99. The zero-order valence-corrected chi connectivity index (χ0v) is 20.9. The van der Waals surface area contributed by atoms with Crippen molar-refractivity contribution < 1.29 is 14.6 Å². The number of ether oxygens (including phenoxy) is 1. The average Bonchev–Trinajstić information content (AvgIpc) is 2.92. The summed E-state index contributed by atoms with van der Waals surface area (Å²) in [5.41, 5.74) is 3.63. The topological polar surface area (TPSA) is 58.6 Å². The lowest BCUT2D eigenvalue weighted by Gasteiger charge is -2.17. The van der Waals surface area contributed by atoms with Crippen LogP contribution in [-0.4, -0.2) is 17.1 Å². The van der Waals surface area contributed by atoms with Crippen LogP contribution in [0.3, 0.4) is 0 Å². The van der Waals surface area contributed by atoms with Crippen LogP contribution in [0.2, 0.25) is 5.02 Å². The van der Waals surface area contributed by atoms with Gasteiger partial charge in [-0.05, 0) is 58.1 Å². The van der Waals surface area contributed by atoms with Crippen molar-refractivity contribution in [1.82, 2.24) is 5.32 Å². The van der Waals surface area contributed by atoms with Crippen molar-refractivity contribution in [2.24, 2.45) is 0 Å². The fourth-order valence-electron chi connectivity index (χ4n) is 4.44. The van der Waals surface area contributed by atoms with E-state index in [1.54, 1.807) is 0 Å². The minimum Gasteiger partial charge on any atom is -0.480 e. The monoisotopic (exact) mass is 507 g/mol. The van der Waals surface area contributed by atoms with E-state index in [1.165, 1.54) is 0 Å². The van der Waals surface area contributed by atoms with E-state index in [2.05, 4.69) is 23.5 Å². The van der Waals surface area contributed by atoms with E-state index >= 15 is 0 Å². The highest BCUT2D eigenvalue weighted by Gasteiger charge is 2.20. The quantitative estimate of drug-likeness (QED) is 0.214. The summed E-state index contributed by atoms with van der Waals surface area (Å²) in [5.74, 6) is 0.555. The summed E-state index contributed by atoms with van der Waals surface area (Å²) in [5, 5.41) is 15.9. The molecule has 4 nitrogen and oxygen atoms in total. The van der Waals surface area contributed by atoms with E-state index in [1.807, 2.05) is 97.1 Å². The van der Waals surface area contributed by atoms with Crippen LogP contribution in [0.15, 0.2) is 115 Å². The second-order valence-electron chi connectivity index (χ2n) is 8.83. The molecule has 0 spiro atoms. The van der Waals surface area contributed by atoms with E-state index in [4.69, 9.17) is 16.3 Å². The van der Waals surface area contributed by atoms with E-state index < -0.39 is 12.0 Å². The predicted octanol–water partition coefficient (Wildman–Crippen LogP) is 7.74. The van der Waals surface area contributed by atoms with Gasteiger partial charge in [-0.25, -0.2) is 0 Å². The molecule has 0 bridgehead atoms. The van der Waals surface area contributed by atoms with Gasteiger partial charge >= 0.3 is 5.97 Å². The lowest BCUT2D eigenvalue weighted by molar-refractivity contribution is -0.139. The minimum absolute atomic E-state index is 0.265. The first-order valence-electron chi connectivity index (χ1n) is 12.1. The number of hydrogen-bond donors (Lipinski definition) is 2. The number of halogens is 1. The van der Waals surface area contributed by atoms with Gasteiger partial charge in [0, 0.05) is 17.1 Å². The Labute approximate surface area is 221 Å². The highest BCUT2D eigenvalue weighted by molar-refractivity contribution is 6.31. The van der Waals surface area contributed by atoms with E-state index in [0.29, 0.717) is 11.6 Å². The Kier molecular flexibility index (Phi) is 7.50. The third kappa shape index (κ3) is 5.83. The lowest BCUT2D eigenvalue weighted by Crippen LogP contribution is -2.38. The van der Waals surface area contributed by atoms with Crippen molar-refractivity contribution in [3.63, 3.8) is 0 Å². The molecule has 37 heavy (non-hydrogen) atoms. The third-order valence-corrected chi connectivity index (χ3v) is 6.71. The Bertz CT molecular complexity index is 1530. The second kappa shape index (κ2) is 11.3. The normalized spacial score (nSPS) is 11.8. The van der Waals surface area contributed by atoms with Gasteiger partial charge in [0.05, 0.1) is 0 Å². The standard InChI is InChI=1S/C32H26ClNO3/c33-29-19-23(28-15-6-7-16-31(28)37-26-12-2-1-3-13-26)17-18-24(29)20-30(32(35)36)34-21-25-11-8-10-22-9-4-5-14-27(22)25/h1-19,30,34H,20-21H2,(H,35,36). The Morgan fingerprint density at radius 3 is 2.35 bits per heavy atom. The Morgan fingerprint density at radius 1 is 0.811 bits per heavy atom. The summed E-state index contributed by atoms with van der Waals surface area (Å²) in [6, 6.07) is 36.5. The highest BCUT2D eigenvalue weighted by atomic mass is 35.5. The Balaban J connectivity index is 1.34. The summed E-state index contributed by atoms with van der Waals surface area (Å²) in [4.78, 5) is 12.1. The van der Waals surface area contributed by atoms with Gasteiger partial charge in [0.2, 0.25) is 0 Å². The zero-order chi connectivity index (χ0) is 25.6. The van der Waals surface area contributed by atoms with Gasteiger partial charge in [-0.1, -0.05) is 103 Å². The van der Waals surface area contributed by atoms with Crippen LogP contribution in [-0.2, 0) is 17.8 Å². The fourth-order valence-corrected chi connectivity index (χ4v) is 4.69. The van der Waals surface area contributed by atoms with Crippen molar-refractivity contribution in [3.8, 4) is 22.6 Å². The molecule has 5 aromatic rings. The summed E-state index contributed by atoms with van der Waals surface area (Å²) in [6.45, 7) is 0.443. The van der Waals surface area contributed by atoms with Gasteiger partial charge in [0.25, 0.3) is 0 Å². The molecule has 184 valence electrons. The van der Waals surface area contributed by atoms with Crippen LogP contribution in [0.1, 0.15) is 11.1 Å². The van der Waals surface area contributed by atoms with E-state index in [9.17, 15) is 9.90 Å². The minimum atomic E-state index is -0.915. The van der Waals surface area contributed by atoms with Crippen LogP contribution < -0.4 is 10.1 Å². The van der Waals surface area contributed by atoms with Gasteiger partial charge in [-0.3, -0.25) is 10.1 Å². The number of carboxylic acid groups (broad SMARTS) is 1. The molecule has 0 aliphatic carbocycles. The maximum atomic E-state index is 12.1. The molecule has 0 aliphatic heterocycles. The molecule has 0 saturated heterocycles. The molecule has 0 aliphatic rings. The molecule has 0 aromatic heterocycles. The highest BCUT2D eigenvalue weighted by Crippen LogP contribution is 2.35. The number of benzene rings is 5. The number of aliphatic carboxylic acids is 1. The molecule has 5 rings (SSSR count). The molecule has 0 amide bonds. The molecule has 5 aromatic carbocycles. The Morgan fingerprint density at radius 2 is 1.54 bits per heavy atom. The molecular formula is C32H26ClNO3. The molecule has 0 radical (unpaired) electrons. The molecule has 0 heterocycles. The second-order valence-corrected chi connectivity index (χ2v) is 9.24. The van der Waals surface area contributed by atoms with Gasteiger partial charge in [-0.15, -0.1) is 0 Å². The van der Waals surface area contributed by atoms with Gasteiger partial charge in [0.15, 0.2) is 0 Å². The number of rotatable bonds is 9. The first-order valence-corrected chi connectivity index (χ1v) is 12.5. The van der Waals surface area contributed by atoms with Crippen molar-refractivity contribution in [2.75, 3.05) is 0 Å². The van der Waals surface area contributed by atoms with Crippen LogP contribution in [0, 0.1) is 0 Å². The molecule has 1 atom stereocenters.